The first kappa shape index (κ1) is 16.7. The van der Waals surface area contributed by atoms with Gasteiger partial charge in [-0.05, 0) is 18.9 Å². The number of nitrogens with one attached hydrogen (secondary N) is 1. The Kier molecular flexibility index (Phi) is 5.60. The zero-order valence-electron chi connectivity index (χ0n) is 13.6. The number of nitrogens with two attached hydrogens (primary N) is 1. The average Bonchev–Trinajstić information content (AvgIpc) is 3.14. The van der Waals surface area contributed by atoms with E-state index in [-0.39, 0.29) is 12.1 Å². The first-order valence-electron chi connectivity index (χ1n) is 8.19. The SMILES string of the molecule is N=CC=C(N)c1cc(N2CCOCC2)nc(OCC2CCCO2)n1. The summed E-state index contributed by atoms with van der Waals surface area (Å²) in [6.07, 6.45) is 4.78. The Balaban J connectivity index is 1.80. The third-order valence-corrected chi connectivity index (χ3v) is 4.01. The molecular weight excluding hydrogens is 310 g/mol. The van der Waals surface area contributed by atoms with Gasteiger partial charge >= 0.3 is 6.01 Å². The van der Waals surface area contributed by atoms with Crippen LogP contribution in [-0.2, 0) is 9.47 Å². The fraction of sp³-hybridized carbons (Fsp3) is 0.562. The Hall–Kier alpha value is -2.19. The van der Waals surface area contributed by atoms with E-state index in [0.29, 0.717) is 31.2 Å². The van der Waals surface area contributed by atoms with Crippen molar-refractivity contribution in [2.75, 3.05) is 44.4 Å². The normalized spacial score (nSPS) is 21.8. The summed E-state index contributed by atoms with van der Waals surface area (Å²) in [5.74, 6) is 0.756. The molecule has 130 valence electrons. The first-order chi connectivity index (χ1) is 11.8. The lowest BCUT2D eigenvalue weighted by molar-refractivity contribution is 0.0645. The van der Waals surface area contributed by atoms with Crippen LogP contribution in [0.3, 0.4) is 0 Å². The van der Waals surface area contributed by atoms with Gasteiger partial charge in [-0.3, -0.25) is 0 Å². The molecule has 0 spiro atoms. The van der Waals surface area contributed by atoms with Gasteiger partial charge in [0.25, 0.3) is 0 Å². The summed E-state index contributed by atoms with van der Waals surface area (Å²) < 4.78 is 16.7. The first-order valence-corrected chi connectivity index (χ1v) is 8.19. The third-order valence-electron chi connectivity index (χ3n) is 4.01. The predicted molar refractivity (Wildman–Crippen MR) is 90.5 cm³/mol. The molecule has 1 aromatic heterocycles. The van der Waals surface area contributed by atoms with Crippen molar-refractivity contribution in [3.8, 4) is 6.01 Å². The Morgan fingerprint density at radius 1 is 1.38 bits per heavy atom. The molecule has 0 radical (unpaired) electrons. The van der Waals surface area contributed by atoms with Crippen molar-refractivity contribution in [2.24, 2.45) is 5.73 Å². The van der Waals surface area contributed by atoms with Gasteiger partial charge in [0.05, 0.1) is 30.7 Å². The topological polar surface area (TPSA) is 107 Å². The van der Waals surface area contributed by atoms with E-state index >= 15 is 0 Å². The van der Waals surface area contributed by atoms with Gasteiger partial charge in [0.1, 0.15) is 12.4 Å². The lowest BCUT2D eigenvalue weighted by Crippen LogP contribution is -2.37. The molecule has 2 fully saturated rings. The smallest absolute Gasteiger partial charge is 0.319 e. The summed E-state index contributed by atoms with van der Waals surface area (Å²) in [6.45, 7) is 4.06. The number of nitrogens with zero attached hydrogens (tertiary/aromatic N) is 3. The average molecular weight is 333 g/mol. The van der Waals surface area contributed by atoms with Crippen LogP contribution in [0, 0.1) is 5.41 Å². The van der Waals surface area contributed by atoms with E-state index in [1.165, 1.54) is 6.08 Å². The molecule has 2 aliphatic heterocycles. The van der Waals surface area contributed by atoms with Crippen molar-refractivity contribution in [3.63, 3.8) is 0 Å². The van der Waals surface area contributed by atoms with Crippen molar-refractivity contribution in [1.29, 1.82) is 5.41 Å². The van der Waals surface area contributed by atoms with Crippen molar-refractivity contribution in [1.82, 2.24) is 9.97 Å². The molecule has 2 saturated heterocycles. The van der Waals surface area contributed by atoms with Gasteiger partial charge in [0.15, 0.2) is 0 Å². The van der Waals surface area contributed by atoms with Crippen molar-refractivity contribution < 1.29 is 14.2 Å². The summed E-state index contributed by atoms with van der Waals surface area (Å²) in [6, 6.07) is 2.10. The highest BCUT2D eigenvalue weighted by molar-refractivity contribution is 5.81. The van der Waals surface area contributed by atoms with Gasteiger partial charge < -0.3 is 30.3 Å². The van der Waals surface area contributed by atoms with Crippen LogP contribution in [0.4, 0.5) is 5.82 Å². The van der Waals surface area contributed by atoms with Crippen molar-refractivity contribution in [3.05, 3.63) is 17.8 Å². The molecule has 3 heterocycles. The van der Waals surface area contributed by atoms with Gasteiger partial charge in [-0.15, -0.1) is 0 Å². The molecule has 1 atom stereocenters. The maximum Gasteiger partial charge on any atom is 0.319 e. The summed E-state index contributed by atoms with van der Waals surface area (Å²) >= 11 is 0. The zero-order valence-corrected chi connectivity index (χ0v) is 13.6. The number of anilines is 1. The highest BCUT2D eigenvalue weighted by Gasteiger charge is 2.19. The van der Waals surface area contributed by atoms with E-state index in [1.807, 2.05) is 6.07 Å². The minimum Gasteiger partial charge on any atom is -0.461 e. The number of aromatic nitrogens is 2. The molecule has 0 aromatic carbocycles. The molecule has 1 aromatic rings. The minimum atomic E-state index is 0.0959. The minimum absolute atomic E-state index is 0.0959. The Bertz CT molecular complexity index is 595. The number of allylic oxidation sites excluding steroid dienone is 1. The fourth-order valence-corrected chi connectivity index (χ4v) is 2.70. The molecule has 0 amide bonds. The summed E-state index contributed by atoms with van der Waals surface area (Å²) in [7, 11) is 0. The van der Waals surface area contributed by atoms with Crippen LogP contribution in [0.25, 0.3) is 5.70 Å². The zero-order chi connectivity index (χ0) is 16.8. The van der Waals surface area contributed by atoms with E-state index < -0.39 is 0 Å². The van der Waals surface area contributed by atoms with Gasteiger partial charge in [-0.2, -0.15) is 9.97 Å². The molecule has 1 unspecified atom stereocenters. The molecule has 0 aliphatic carbocycles. The Morgan fingerprint density at radius 2 is 2.21 bits per heavy atom. The number of ether oxygens (including phenoxy) is 3. The number of rotatable bonds is 6. The summed E-state index contributed by atoms with van der Waals surface area (Å²) in [5, 5.41) is 7.18. The largest absolute Gasteiger partial charge is 0.461 e. The highest BCUT2D eigenvalue weighted by atomic mass is 16.5. The fourth-order valence-electron chi connectivity index (χ4n) is 2.70. The third kappa shape index (κ3) is 4.21. The molecule has 3 rings (SSSR count). The molecule has 0 saturated carbocycles. The summed E-state index contributed by atoms with van der Waals surface area (Å²) in [4.78, 5) is 11.0. The predicted octanol–water partition coefficient (Wildman–Crippen LogP) is 0.820. The quantitative estimate of drug-likeness (QED) is 0.742. The second-order valence-corrected chi connectivity index (χ2v) is 5.73. The molecule has 2 aliphatic rings. The van der Waals surface area contributed by atoms with E-state index in [4.69, 9.17) is 25.4 Å². The van der Waals surface area contributed by atoms with E-state index in [1.54, 1.807) is 0 Å². The maximum absolute atomic E-state index is 7.18. The van der Waals surface area contributed by atoms with Gasteiger partial charge in [0, 0.05) is 32.0 Å². The number of hydrogen-bond donors (Lipinski definition) is 2. The van der Waals surface area contributed by atoms with E-state index in [9.17, 15) is 0 Å². The van der Waals surface area contributed by atoms with Crippen molar-refractivity contribution >= 4 is 17.7 Å². The molecular formula is C16H23N5O3. The standard InChI is InChI=1S/C16H23N5O3/c17-4-3-13(18)14-10-15(21-5-8-22-9-6-21)20-16(19-14)24-11-12-2-1-7-23-12/h3-4,10,12,17H,1-2,5-9,11,18H2. The van der Waals surface area contributed by atoms with Crippen LogP contribution < -0.4 is 15.4 Å². The van der Waals surface area contributed by atoms with Crippen molar-refractivity contribution in [2.45, 2.75) is 18.9 Å². The molecule has 0 bridgehead atoms. The van der Waals surface area contributed by atoms with Crippen LogP contribution in [0.5, 0.6) is 6.01 Å². The van der Waals surface area contributed by atoms with Crippen LogP contribution >= 0.6 is 0 Å². The lowest BCUT2D eigenvalue weighted by atomic mass is 10.2. The van der Waals surface area contributed by atoms with Crippen LogP contribution in [0.1, 0.15) is 18.5 Å². The Morgan fingerprint density at radius 3 is 2.92 bits per heavy atom. The molecule has 8 heteroatoms. The monoisotopic (exact) mass is 333 g/mol. The van der Waals surface area contributed by atoms with Crippen LogP contribution in [0.15, 0.2) is 12.1 Å². The molecule has 3 N–H and O–H groups in total. The lowest BCUT2D eigenvalue weighted by Gasteiger charge is -2.28. The van der Waals surface area contributed by atoms with Gasteiger partial charge in [0.2, 0.25) is 0 Å². The molecule has 24 heavy (non-hydrogen) atoms. The molecule has 8 nitrogen and oxygen atoms in total. The maximum atomic E-state index is 7.18. The van der Waals surface area contributed by atoms with E-state index in [2.05, 4.69) is 14.9 Å². The Labute approximate surface area is 141 Å². The van der Waals surface area contributed by atoms with Crippen LogP contribution in [0.2, 0.25) is 0 Å². The number of hydrogen-bond acceptors (Lipinski definition) is 8. The van der Waals surface area contributed by atoms with Gasteiger partial charge in [-0.1, -0.05) is 0 Å². The van der Waals surface area contributed by atoms with E-state index in [0.717, 1.165) is 44.6 Å². The number of morpholine rings is 1. The van der Waals surface area contributed by atoms with Gasteiger partial charge in [-0.25, -0.2) is 0 Å². The van der Waals surface area contributed by atoms with Crippen LogP contribution in [-0.4, -0.2) is 61.8 Å². The second-order valence-electron chi connectivity index (χ2n) is 5.73. The summed E-state index contributed by atoms with van der Waals surface area (Å²) in [5.41, 5.74) is 6.95. The second kappa shape index (κ2) is 8.07. The highest BCUT2D eigenvalue weighted by Crippen LogP contribution is 2.21.